The molecule has 166 valence electrons. The van der Waals surface area contributed by atoms with E-state index < -0.39 is 19.2 Å². The second kappa shape index (κ2) is 8.89. The minimum absolute atomic E-state index is 0.0802. The summed E-state index contributed by atoms with van der Waals surface area (Å²) in [6, 6.07) is 3.59. The normalized spacial score (nSPS) is 17.1. The Kier molecular flexibility index (Phi) is 7.32. The lowest BCUT2D eigenvalue weighted by atomic mass is 9.78. The van der Waals surface area contributed by atoms with Crippen LogP contribution in [0.1, 0.15) is 51.3 Å². The number of nitrogens with zero attached hydrogens (tertiary/aromatic N) is 1. The Bertz CT molecular complexity index is 926. The number of carbonyl (C=O) groups excluding carboxylic acids is 1. The van der Waals surface area contributed by atoms with E-state index in [1.165, 1.54) is 22.9 Å². The highest BCUT2D eigenvalue weighted by atomic mass is 32.2. The fourth-order valence-corrected chi connectivity index (χ4v) is 4.26. The van der Waals surface area contributed by atoms with Crippen molar-refractivity contribution in [3.05, 3.63) is 45.3 Å². The molecule has 0 radical (unpaired) electrons. The third-order valence-corrected chi connectivity index (χ3v) is 6.49. The summed E-state index contributed by atoms with van der Waals surface area (Å²) in [6.45, 7) is 9.35. The van der Waals surface area contributed by atoms with E-state index in [2.05, 4.69) is 0 Å². The smallest absolute Gasteiger partial charge is 0.327 e. The van der Waals surface area contributed by atoms with Crippen molar-refractivity contribution in [2.24, 2.45) is 0 Å². The summed E-state index contributed by atoms with van der Waals surface area (Å²) in [5.41, 5.74) is 0.951. The van der Waals surface area contributed by atoms with E-state index in [1.807, 2.05) is 40.7 Å². The third-order valence-electron chi connectivity index (χ3n) is 4.90. The number of phenols is 1. The van der Waals surface area contributed by atoms with Gasteiger partial charge in [-0.2, -0.15) is 0 Å². The number of aliphatic hydroxyl groups excluding tert-OH is 1. The molecule has 1 aromatic rings. The Balaban J connectivity index is 2.49. The summed E-state index contributed by atoms with van der Waals surface area (Å²) in [5, 5.41) is 22.4. The van der Waals surface area contributed by atoms with Crippen molar-refractivity contribution in [1.82, 2.24) is 4.90 Å². The number of hydrogen-bond donors (Lipinski definition) is 4. The van der Waals surface area contributed by atoms with Gasteiger partial charge >= 0.3 is 7.60 Å². The van der Waals surface area contributed by atoms with E-state index >= 15 is 0 Å². The Labute approximate surface area is 181 Å². The van der Waals surface area contributed by atoms with Crippen LogP contribution in [0.4, 0.5) is 0 Å². The van der Waals surface area contributed by atoms with Crippen molar-refractivity contribution < 1.29 is 29.4 Å². The molecular formula is C21H30NO6PS. The van der Waals surface area contributed by atoms with Gasteiger partial charge in [-0.1, -0.05) is 46.4 Å². The molecule has 7 nitrogen and oxygen atoms in total. The molecule has 1 aliphatic heterocycles. The van der Waals surface area contributed by atoms with Crippen molar-refractivity contribution in [2.75, 3.05) is 19.3 Å². The topological polar surface area (TPSA) is 118 Å². The number of thioether (sulfide) groups is 1. The van der Waals surface area contributed by atoms with E-state index in [0.29, 0.717) is 21.6 Å². The molecule has 0 saturated heterocycles. The summed E-state index contributed by atoms with van der Waals surface area (Å²) >= 11 is 1.22. The number of phenolic OH excluding ortho intramolecular Hbond substituents is 1. The Morgan fingerprint density at radius 1 is 1.13 bits per heavy atom. The number of aromatic hydroxyl groups is 1. The van der Waals surface area contributed by atoms with Crippen molar-refractivity contribution in [2.45, 2.75) is 45.4 Å². The number of carbonyl (C=O) groups is 1. The molecule has 0 aromatic heterocycles. The van der Waals surface area contributed by atoms with Gasteiger partial charge in [0.05, 0.1) is 17.7 Å². The Morgan fingerprint density at radius 2 is 1.73 bits per heavy atom. The van der Waals surface area contributed by atoms with Crippen molar-refractivity contribution in [1.29, 1.82) is 0 Å². The molecule has 0 aliphatic carbocycles. The number of benzene rings is 1. The van der Waals surface area contributed by atoms with Gasteiger partial charge in [-0.15, -0.1) is 0 Å². The lowest BCUT2D eigenvalue weighted by Gasteiger charge is -2.29. The lowest BCUT2D eigenvalue weighted by molar-refractivity contribution is -0.123. The number of hydrogen-bond acceptors (Lipinski definition) is 5. The molecule has 1 amide bonds. The molecule has 30 heavy (non-hydrogen) atoms. The van der Waals surface area contributed by atoms with Crippen LogP contribution < -0.4 is 0 Å². The van der Waals surface area contributed by atoms with Crippen LogP contribution in [0.5, 0.6) is 5.75 Å². The van der Waals surface area contributed by atoms with Crippen LogP contribution in [-0.2, 0) is 20.2 Å². The minimum atomic E-state index is -4.21. The Hall–Kier alpha value is -1.57. The fourth-order valence-electron chi connectivity index (χ4n) is 3.01. The van der Waals surface area contributed by atoms with Crippen molar-refractivity contribution >= 4 is 31.3 Å². The average molecular weight is 456 g/mol. The molecule has 4 N–H and O–H groups in total. The van der Waals surface area contributed by atoms with Crippen LogP contribution >= 0.6 is 19.4 Å². The van der Waals surface area contributed by atoms with Crippen LogP contribution in [0.3, 0.4) is 0 Å². The third kappa shape index (κ3) is 5.99. The zero-order chi connectivity index (χ0) is 22.9. The number of aliphatic hydroxyl groups is 1. The highest BCUT2D eigenvalue weighted by molar-refractivity contribution is 8.06. The SMILES string of the molecule is CC(C)(C)c1cc(/C=C2\SC=CN(CCP(=O)(O)O)C2=O)cc(C(C)(C)CO)c1O. The summed E-state index contributed by atoms with van der Waals surface area (Å²) in [4.78, 5) is 32.6. The second-order valence-electron chi connectivity index (χ2n) is 9.06. The predicted molar refractivity (Wildman–Crippen MR) is 120 cm³/mol. The first-order valence-corrected chi connectivity index (χ1v) is 12.2. The predicted octanol–water partition coefficient (Wildman–Crippen LogP) is 3.52. The summed E-state index contributed by atoms with van der Waals surface area (Å²) in [7, 11) is -4.21. The van der Waals surface area contributed by atoms with Gasteiger partial charge in [-0.05, 0) is 34.6 Å². The van der Waals surface area contributed by atoms with Crippen LogP contribution in [0.15, 0.2) is 28.6 Å². The van der Waals surface area contributed by atoms with Gasteiger partial charge in [0, 0.05) is 29.3 Å². The number of amides is 1. The first-order chi connectivity index (χ1) is 13.7. The van der Waals surface area contributed by atoms with Crippen LogP contribution in [0, 0.1) is 0 Å². The second-order valence-corrected chi connectivity index (χ2v) is 11.8. The summed E-state index contributed by atoms with van der Waals surface area (Å²) in [5.74, 6) is -0.209. The highest BCUT2D eigenvalue weighted by Gasteiger charge is 2.29. The maximum atomic E-state index is 12.8. The average Bonchev–Trinajstić information content (AvgIpc) is 2.61. The molecule has 0 atom stereocenters. The maximum absolute atomic E-state index is 12.8. The van der Waals surface area contributed by atoms with Gasteiger partial charge in [0.25, 0.3) is 5.91 Å². The van der Waals surface area contributed by atoms with Gasteiger partial charge in [-0.3, -0.25) is 9.36 Å². The van der Waals surface area contributed by atoms with Crippen molar-refractivity contribution in [3.8, 4) is 5.75 Å². The zero-order valence-electron chi connectivity index (χ0n) is 17.9. The molecule has 0 fully saturated rings. The van der Waals surface area contributed by atoms with E-state index in [0.717, 1.165) is 0 Å². The van der Waals surface area contributed by atoms with E-state index in [-0.39, 0.29) is 30.2 Å². The fraction of sp³-hybridized carbons (Fsp3) is 0.476. The molecule has 0 unspecified atom stereocenters. The summed E-state index contributed by atoms with van der Waals surface area (Å²) in [6.07, 6.45) is 2.80. The molecule has 0 saturated carbocycles. The lowest BCUT2D eigenvalue weighted by Crippen LogP contribution is -2.30. The molecule has 2 rings (SSSR count). The first-order valence-electron chi connectivity index (χ1n) is 9.55. The van der Waals surface area contributed by atoms with Crippen LogP contribution in [-0.4, -0.2) is 50.1 Å². The van der Waals surface area contributed by atoms with Gasteiger partial charge in [0.1, 0.15) is 5.75 Å². The van der Waals surface area contributed by atoms with E-state index in [9.17, 15) is 19.6 Å². The summed E-state index contributed by atoms with van der Waals surface area (Å²) < 4.78 is 11.1. The zero-order valence-corrected chi connectivity index (χ0v) is 19.6. The van der Waals surface area contributed by atoms with E-state index in [1.54, 1.807) is 17.6 Å². The monoisotopic (exact) mass is 455 g/mol. The molecular weight excluding hydrogens is 425 g/mol. The molecule has 0 spiro atoms. The molecule has 1 aliphatic rings. The quantitative estimate of drug-likeness (QED) is 0.383. The van der Waals surface area contributed by atoms with Crippen LogP contribution in [0.2, 0.25) is 0 Å². The number of rotatable bonds is 6. The molecule has 9 heteroatoms. The van der Waals surface area contributed by atoms with Crippen LogP contribution in [0.25, 0.3) is 6.08 Å². The standard InChI is InChI=1S/C21H30NO6PS/c1-20(2,3)15-10-14(11-16(18(15)24)21(4,5)13-23)12-17-19(25)22(7-9-30-17)6-8-29(26,27)28/h7,9-12,23-24H,6,8,13H2,1-5H3,(H2,26,27,28)/b17-12-. The minimum Gasteiger partial charge on any atom is -0.507 e. The van der Waals surface area contributed by atoms with E-state index in [4.69, 9.17) is 9.79 Å². The first kappa shape index (κ1) is 24.7. The van der Waals surface area contributed by atoms with Gasteiger partial charge < -0.3 is 24.9 Å². The molecule has 1 aromatic carbocycles. The van der Waals surface area contributed by atoms with Gasteiger partial charge in [-0.25, -0.2) is 0 Å². The van der Waals surface area contributed by atoms with Crippen molar-refractivity contribution in [3.63, 3.8) is 0 Å². The molecule has 1 heterocycles. The Morgan fingerprint density at radius 3 is 2.27 bits per heavy atom. The van der Waals surface area contributed by atoms with Gasteiger partial charge in [0.15, 0.2) is 0 Å². The van der Waals surface area contributed by atoms with Gasteiger partial charge in [0.2, 0.25) is 0 Å². The largest absolute Gasteiger partial charge is 0.507 e. The maximum Gasteiger partial charge on any atom is 0.327 e. The highest BCUT2D eigenvalue weighted by Crippen LogP contribution is 2.41. The molecule has 0 bridgehead atoms.